The largest absolute Gasteiger partial charge is 0.467 e. The molecule has 0 aliphatic heterocycles. The Balaban J connectivity index is 1.78. The van der Waals surface area contributed by atoms with Crippen LogP contribution >= 0.6 is 0 Å². The van der Waals surface area contributed by atoms with Gasteiger partial charge >= 0.3 is 0 Å². The summed E-state index contributed by atoms with van der Waals surface area (Å²) in [5.41, 5.74) is 5.76. The molecule has 1 aromatic heterocycles. The second-order valence-electron chi connectivity index (χ2n) is 4.07. The molecule has 1 aliphatic carbocycles. The number of rotatable bonds is 3. The number of nitrogens with two attached hydrogens (primary N) is 1. The Morgan fingerprint density at radius 2 is 2.47 bits per heavy atom. The minimum Gasteiger partial charge on any atom is -0.467 e. The maximum Gasteiger partial charge on any atom is 0.223 e. The van der Waals surface area contributed by atoms with Crippen LogP contribution in [0.3, 0.4) is 0 Å². The van der Waals surface area contributed by atoms with Crippen LogP contribution < -0.4 is 11.1 Å². The number of carbonyl (C=O) groups excluding carboxylic acids is 1. The van der Waals surface area contributed by atoms with Gasteiger partial charge in [-0.1, -0.05) is 0 Å². The lowest BCUT2D eigenvalue weighted by Gasteiger charge is -2.09. The highest BCUT2D eigenvalue weighted by molar-refractivity contribution is 5.78. The molecule has 0 spiro atoms. The van der Waals surface area contributed by atoms with Crippen LogP contribution in [-0.4, -0.2) is 11.9 Å². The summed E-state index contributed by atoms with van der Waals surface area (Å²) in [4.78, 5) is 11.7. The van der Waals surface area contributed by atoms with E-state index in [-0.39, 0.29) is 17.9 Å². The summed E-state index contributed by atoms with van der Waals surface area (Å²) in [7, 11) is 0. The van der Waals surface area contributed by atoms with E-state index in [2.05, 4.69) is 5.32 Å². The molecule has 0 saturated heterocycles. The zero-order valence-corrected chi connectivity index (χ0v) is 8.61. The minimum atomic E-state index is 0.0926. The van der Waals surface area contributed by atoms with Gasteiger partial charge in [0.25, 0.3) is 0 Å². The van der Waals surface area contributed by atoms with E-state index >= 15 is 0 Å². The summed E-state index contributed by atoms with van der Waals surface area (Å²) in [6.07, 6.45) is 4.28. The predicted molar refractivity (Wildman–Crippen MR) is 55.9 cm³/mol. The van der Waals surface area contributed by atoms with E-state index in [1.54, 1.807) is 6.26 Å². The van der Waals surface area contributed by atoms with Gasteiger partial charge in [-0.2, -0.15) is 0 Å². The molecule has 1 aliphatic rings. The van der Waals surface area contributed by atoms with Gasteiger partial charge in [-0.05, 0) is 31.4 Å². The summed E-state index contributed by atoms with van der Waals surface area (Å²) < 4.78 is 5.13. The Kier molecular flexibility index (Phi) is 3.06. The van der Waals surface area contributed by atoms with Gasteiger partial charge in [-0.15, -0.1) is 0 Å². The van der Waals surface area contributed by atoms with Gasteiger partial charge in [0.05, 0.1) is 12.8 Å². The summed E-state index contributed by atoms with van der Waals surface area (Å²) in [5, 5.41) is 2.86. The fraction of sp³-hybridized carbons (Fsp3) is 0.545. The molecule has 82 valence electrons. The molecule has 4 nitrogen and oxygen atoms in total. The Hall–Kier alpha value is -1.29. The van der Waals surface area contributed by atoms with Crippen molar-refractivity contribution in [1.82, 2.24) is 5.32 Å². The van der Waals surface area contributed by atoms with Crippen molar-refractivity contribution in [2.45, 2.75) is 31.8 Å². The highest BCUT2D eigenvalue weighted by atomic mass is 16.3. The lowest BCUT2D eigenvalue weighted by atomic mass is 10.1. The van der Waals surface area contributed by atoms with E-state index in [0.717, 1.165) is 25.0 Å². The smallest absolute Gasteiger partial charge is 0.223 e. The maximum atomic E-state index is 11.7. The molecule has 3 N–H and O–H groups in total. The number of nitrogens with one attached hydrogen (secondary N) is 1. The zero-order valence-electron chi connectivity index (χ0n) is 8.61. The Morgan fingerprint density at radius 1 is 1.60 bits per heavy atom. The molecule has 4 heteroatoms. The van der Waals surface area contributed by atoms with Crippen LogP contribution in [0.25, 0.3) is 0 Å². The minimum absolute atomic E-state index is 0.0926. The van der Waals surface area contributed by atoms with Crippen molar-refractivity contribution in [1.29, 1.82) is 0 Å². The second-order valence-corrected chi connectivity index (χ2v) is 4.07. The molecule has 1 aromatic rings. The van der Waals surface area contributed by atoms with Gasteiger partial charge in [0.15, 0.2) is 0 Å². The zero-order chi connectivity index (χ0) is 10.7. The van der Waals surface area contributed by atoms with Crippen LogP contribution in [0, 0.1) is 5.92 Å². The summed E-state index contributed by atoms with van der Waals surface area (Å²) >= 11 is 0. The fourth-order valence-electron chi connectivity index (χ4n) is 1.99. The Morgan fingerprint density at radius 3 is 3.07 bits per heavy atom. The van der Waals surface area contributed by atoms with Crippen molar-refractivity contribution < 1.29 is 9.21 Å². The molecule has 0 bridgehead atoms. The first-order valence-corrected chi connectivity index (χ1v) is 5.31. The van der Waals surface area contributed by atoms with Gasteiger partial charge in [0, 0.05) is 12.0 Å². The van der Waals surface area contributed by atoms with Crippen molar-refractivity contribution in [2.75, 3.05) is 0 Å². The van der Waals surface area contributed by atoms with Crippen molar-refractivity contribution in [3.05, 3.63) is 24.2 Å². The summed E-state index contributed by atoms with van der Waals surface area (Å²) in [6.45, 7) is 0.470. The van der Waals surface area contributed by atoms with Crippen molar-refractivity contribution in [3.63, 3.8) is 0 Å². The monoisotopic (exact) mass is 208 g/mol. The lowest BCUT2D eigenvalue weighted by molar-refractivity contribution is -0.125. The van der Waals surface area contributed by atoms with Crippen LogP contribution in [0.1, 0.15) is 25.0 Å². The van der Waals surface area contributed by atoms with E-state index in [0.29, 0.717) is 6.54 Å². The first-order chi connectivity index (χ1) is 7.25. The van der Waals surface area contributed by atoms with Crippen LogP contribution in [-0.2, 0) is 11.3 Å². The third kappa shape index (κ3) is 2.59. The van der Waals surface area contributed by atoms with Crippen molar-refractivity contribution in [3.8, 4) is 0 Å². The van der Waals surface area contributed by atoms with E-state index in [9.17, 15) is 4.79 Å². The molecule has 1 heterocycles. The molecule has 2 unspecified atom stereocenters. The third-order valence-corrected chi connectivity index (χ3v) is 2.86. The topological polar surface area (TPSA) is 68.3 Å². The van der Waals surface area contributed by atoms with E-state index in [4.69, 9.17) is 10.2 Å². The molecule has 0 aromatic carbocycles. The first-order valence-electron chi connectivity index (χ1n) is 5.31. The average molecular weight is 208 g/mol. The van der Waals surface area contributed by atoms with Gasteiger partial charge in [0.2, 0.25) is 5.91 Å². The first kappa shape index (κ1) is 10.2. The van der Waals surface area contributed by atoms with Gasteiger partial charge in [0.1, 0.15) is 5.76 Å². The van der Waals surface area contributed by atoms with Crippen LogP contribution in [0.4, 0.5) is 0 Å². The quantitative estimate of drug-likeness (QED) is 0.779. The highest BCUT2D eigenvalue weighted by Gasteiger charge is 2.27. The van der Waals surface area contributed by atoms with Crippen LogP contribution in [0.5, 0.6) is 0 Å². The van der Waals surface area contributed by atoms with Crippen LogP contribution in [0.2, 0.25) is 0 Å². The van der Waals surface area contributed by atoms with Gasteiger partial charge in [-0.25, -0.2) is 0 Å². The second kappa shape index (κ2) is 4.49. The van der Waals surface area contributed by atoms with E-state index in [1.165, 1.54) is 0 Å². The maximum absolute atomic E-state index is 11.7. The average Bonchev–Trinajstić information content (AvgIpc) is 2.84. The molecule has 1 saturated carbocycles. The van der Waals surface area contributed by atoms with Crippen molar-refractivity contribution in [2.24, 2.45) is 11.7 Å². The number of furan rings is 1. The molecular weight excluding hydrogens is 192 g/mol. The number of amides is 1. The third-order valence-electron chi connectivity index (χ3n) is 2.86. The standard InChI is InChI=1S/C11H16N2O2/c12-9-4-3-8(6-9)11(14)13-7-10-2-1-5-15-10/h1-2,5,8-9H,3-4,6-7,12H2,(H,13,14). The summed E-state index contributed by atoms with van der Waals surface area (Å²) in [6, 6.07) is 3.86. The normalized spacial score (nSPS) is 25.4. The molecule has 2 atom stereocenters. The van der Waals surface area contributed by atoms with E-state index in [1.807, 2.05) is 12.1 Å². The SMILES string of the molecule is NC1CCC(C(=O)NCc2ccco2)C1. The molecule has 0 radical (unpaired) electrons. The molecular formula is C11H16N2O2. The lowest BCUT2D eigenvalue weighted by Crippen LogP contribution is -2.29. The van der Waals surface area contributed by atoms with Gasteiger partial charge in [-0.3, -0.25) is 4.79 Å². The fourth-order valence-corrected chi connectivity index (χ4v) is 1.99. The number of hydrogen-bond acceptors (Lipinski definition) is 3. The Bertz CT molecular complexity index is 321. The van der Waals surface area contributed by atoms with Gasteiger partial charge < -0.3 is 15.5 Å². The predicted octanol–water partition coefficient (Wildman–Crippen LogP) is 1.02. The number of hydrogen-bond donors (Lipinski definition) is 2. The molecule has 1 fully saturated rings. The van der Waals surface area contributed by atoms with Crippen molar-refractivity contribution >= 4 is 5.91 Å². The van der Waals surface area contributed by atoms with Crippen LogP contribution in [0.15, 0.2) is 22.8 Å². The van der Waals surface area contributed by atoms with E-state index < -0.39 is 0 Å². The highest BCUT2D eigenvalue weighted by Crippen LogP contribution is 2.24. The summed E-state index contributed by atoms with van der Waals surface area (Å²) in [5.74, 6) is 0.972. The molecule has 2 rings (SSSR count). The molecule has 1 amide bonds. The number of carbonyl (C=O) groups is 1. The molecule has 15 heavy (non-hydrogen) atoms. The Labute approximate surface area is 88.8 Å².